The summed E-state index contributed by atoms with van der Waals surface area (Å²) in [5.41, 5.74) is 8.87. The van der Waals surface area contributed by atoms with Crippen LogP contribution in [-0.4, -0.2) is 24.5 Å². The molecule has 3 atom stereocenters. The van der Waals surface area contributed by atoms with Crippen molar-refractivity contribution in [1.82, 2.24) is 4.90 Å². The van der Waals surface area contributed by atoms with Gasteiger partial charge < -0.3 is 10.6 Å². The van der Waals surface area contributed by atoms with E-state index in [2.05, 4.69) is 49.9 Å². The van der Waals surface area contributed by atoms with E-state index < -0.39 is 0 Å². The van der Waals surface area contributed by atoms with E-state index in [-0.39, 0.29) is 6.04 Å². The molecule has 2 heteroatoms. The van der Waals surface area contributed by atoms with Crippen LogP contribution in [0.4, 0.5) is 0 Å². The first-order chi connectivity index (χ1) is 8.56. The van der Waals surface area contributed by atoms with Crippen LogP contribution in [0.1, 0.15) is 37.4 Å². The Morgan fingerprint density at radius 2 is 1.89 bits per heavy atom. The molecule has 1 aliphatic heterocycles. The zero-order valence-electron chi connectivity index (χ0n) is 11.9. The molecule has 0 amide bonds. The molecule has 0 aliphatic carbocycles. The first-order valence-corrected chi connectivity index (χ1v) is 7.10. The van der Waals surface area contributed by atoms with Gasteiger partial charge in [-0.05, 0) is 37.3 Å². The summed E-state index contributed by atoms with van der Waals surface area (Å²) < 4.78 is 0. The van der Waals surface area contributed by atoms with Gasteiger partial charge in [-0.2, -0.15) is 0 Å². The molecule has 1 fully saturated rings. The predicted molar refractivity (Wildman–Crippen MR) is 77.5 cm³/mol. The molecule has 1 saturated heterocycles. The number of aryl methyl sites for hydroxylation is 1. The molecule has 0 spiro atoms. The van der Waals surface area contributed by atoms with Gasteiger partial charge in [0.2, 0.25) is 0 Å². The van der Waals surface area contributed by atoms with Gasteiger partial charge in [0, 0.05) is 19.1 Å². The second-order valence-corrected chi connectivity index (χ2v) is 6.02. The Morgan fingerprint density at radius 3 is 2.50 bits per heavy atom. The third-order valence-corrected chi connectivity index (χ3v) is 4.38. The topological polar surface area (TPSA) is 29.3 Å². The van der Waals surface area contributed by atoms with Crippen molar-refractivity contribution in [2.75, 3.05) is 19.6 Å². The molecule has 18 heavy (non-hydrogen) atoms. The lowest BCUT2D eigenvalue weighted by molar-refractivity contribution is 0.132. The molecule has 1 heterocycles. The molecule has 3 unspecified atom stereocenters. The summed E-state index contributed by atoms with van der Waals surface area (Å²) in [5.74, 6) is 1.65. The highest BCUT2D eigenvalue weighted by molar-refractivity contribution is 5.24. The minimum absolute atomic E-state index is 0.145. The monoisotopic (exact) mass is 246 g/mol. The fourth-order valence-electron chi connectivity index (χ4n) is 2.71. The van der Waals surface area contributed by atoms with E-state index in [9.17, 15) is 0 Å². The number of nitrogens with zero attached hydrogens (tertiary/aromatic N) is 1. The minimum atomic E-state index is 0.145. The number of likely N-dealkylation sites (tertiary alicyclic amines) is 1. The van der Waals surface area contributed by atoms with Crippen molar-refractivity contribution < 1.29 is 0 Å². The molecule has 100 valence electrons. The van der Waals surface area contributed by atoms with Crippen LogP contribution in [0, 0.1) is 18.8 Å². The molecule has 0 saturated carbocycles. The fourth-order valence-corrected chi connectivity index (χ4v) is 2.71. The van der Waals surface area contributed by atoms with Crippen LogP contribution in [0.2, 0.25) is 0 Å². The quantitative estimate of drug-likeness (QED) is 0.888. The SMILES string of the molecule is Cc1ccc(C(N)CN2CCC(C)C(C)C2)cc1. The highest BCUT2D eigenvalue weighted by Crippen LogP contribution is 2.24. The molecule has 2 rings (SSSR count). The second kappa shape index (κ2) is 5.85. The van der Waals surface area contributed by atoms with Crippen LogP contribution in [0.15, 0.2) is 24.3 Å². The van der Waals surface area contributed by atoms with Gasteiger partial charge in [-0.3, -0.25) is 0 Å². The Hall–Kier alpha value is -0.860. The lowest BCUT2D eigenvalue weighted by Gasteiger charge is -2.36. The van der Waals surface area contributed by atoms with Gasteiger partial charge in [0.05, 0.1) is 0 Å². The Balaban J connectivity index is 1.91. The summed E-state index contributed by atoms with van der Waals surface area (Å²) in [7, 11) is 0. The van der Waals surface area contributed by atoms with Crippen LogP contribution < -0.4 is 5.73 Å². The van der Waals surface area contributed by atoms with E-state index in [1.807, 2.05) is 0 Å². The number of nitrogens with two attached hydrogens (primary N) is 1. The van der Waals surface area contributed by atoms with Gasteiger partial charge in [0.25, 0.3) is 0 Å². The second-order valence-electron chi connectivity index (χ2n) is 6.02. The standard InChI is InChI=1S/C16H26N2/c1-12-4-6-15(7-5-12)16(17)11-18-9-8-13(2)14(3)10-18/h4-7,13-14,16H,8-11,17H2,1-3H3. The van der Waals surface area contributed by atoms with E-state index in [0.717, 1.165) is 18.4 Å². The number of piperidine rings is 1. The van der Waals surface area contributed by atoms with Crippen LogP contribution >= 0.6 is 0 Å². The highest BCUT2D eigenvalue weighted by Gasteiger charge is 2.23. The van der Waals surface area contributed by atoms with E-state index in [4.69, 9.17) is 5.73 Å². The average Bonchev–Trinajstić information content (AvgIpc) is 2.34. The summed E-state index contributed by atoms with van der Waals surface area (Å²) in [6, 6.07) is 8.77. The summed E-state index contributed by atoms with van der Waals surface area (Å²) in [6.45, 7) is 10.2. The largest absolute Gasteiger partial charge is 0.323 e. The Kier molecular flexibility index (Phi) is 4.41. The van der Waals surface area contributed by atoms with Crippen molar-refractivity contribution in [3.8, 4) is 0 Å². The fraction of sp³-hybridized carbons (Fsp3) is 0.625. The number of hydrogen-bond acceptors (Lipinski definition) is 2. The van der Waals surface area contributed by atoms with Crippen LogP contribution in [0.3, 0.4) is 0 Å². The maximum absolute atomic E-state index is 6.31. The smallest absolute Gasteiger partial charge is 0.0424 e. The van der Waals surface area contributed by atoms with Crippen LogP contribution in [0.5, 0.6) is 0 Å². The minimum Gasteiger partial charge on any atom is -0.323 e. The summed E-state index contributed by atoms with van der Waals surface area (Å²) in [4.78, 5) is 2.52. The predicted octanol–water partition coefficient (Wildman–Crippen LogP) is 2.97. The van der Waals surface area contributed by atoms with E-state index in [1.165, 1.54) is 30.6 Å². The van der Waals surface area contributed by atoms with E-state index >= 15 is 0 Å². The molecule has 1 aromatic rings. The molecule has 2 N–H and O–H groups in total. The molecule has 1 aromatic carbocycles. The van der Waals surface area contributed by atoms with Gasteiger partial charge in [-0.15, -0.1) is 0 Å². The first kappa shape index (κ1) is 13.6. The molecule has 1 aliphatic rings. The molecule has 0 radical (unpaired) electrons. The number of benzene rings is 1. The highest BCUT2D eigenvalue weighted by atomic mass is 15.1. The summed E-state index contributed by atoms with van der Waals surface area (Å²) in [6.07, 6.45) is 1.31. The van der Waals surface area contributed by atoms with Crippen LogP contribution in [0.25, 0.3) is 0 Å². The number of hydrogen-bond donors (Lipinski definition) is 1. The molecule has 2 nitrogen and oxygen atoms in total. The van der Waals surface area contributed by atoms with Gasteiger partial charge in [0.15, 0.2) is 0 Å². The van der Waals surface area contributed by atoms with Crippen molar-refractivity contribution in [2.45, 2.75) is 33.2 Å². The summed E-state index contributed by atoms with van der Waals surface area (Å²) >= 11 is 0. The van der Waals surface area contributed by atoms with Crippen molar-refractivity contribution in [1.29, 1.82) is 0 Å². The maximum atomic E-state index is 6.31. The lowest BCUT2D eigenvalue weighted by Crippen LogP contribution is -2.41. The van der Waals surface area contributed by atoms with E-state index in [0.29, 0.717) is 0 Å². The third-order valence-electron chi connectivity index (χ3n) is 4.38. The zero-order valence-corrected chi connectivity index (χ0v) is 11.9. The Bertz CT molecular complexity index is 371. The third kappa shape index (κ3) is 3.33. The summed E-state index contributed by atoms with van der Waals surface area (Å²) in [5, 5.41) is 0. The van der Waals surface area contributed by atoms with Crippen molar-refractivity contribution >= 4 is 0 Å². The average molecular weight is 246 g/mol. The molecular weight excluding hydrogens is 220 g/mol. The van der Waals surface area contributed by atoms with Gasteiger partial charge >= 0.3 is 0 Å². The van der Waals surface area contributed by atoms with Crippen molar-refractivity contribution in [3.63, 3.8) is 0 Å². The lowest BCUT2D eigenvalue weighted by atomic mass is 9.88. The molecule has 0 bridgehead atoms. The van der Waals surface area contributed by atoms with Gasteiger partial charge in [-0.1, -0.05) is 43.7 Å². The number of rotatable bonds is 3. The van der Waals surface area contributed by atoms with Crippen LogP contribution in [-0.2, 0) is 0 Å². The Labute approximate surface area is 111 Å². The van der Waals surface area contributed by atoms with Crippen molar-refractivity contribution in [3.05, 3.63) is 35.4 Å². The first-order valence-electron chi connectivity index (χ1n) is 7.10. The molecule has 0 aromatic heterocycles. The molecular formula is C16H26N2. The normalized spacial score (nSPS) is 27.1. The van der Waals surface area contributed by atoms with Gasteiger partial charge in [-0.25, -0.2) is 0 Å². The van der Waals surface area contributed by atoms with E-state index in [1.54, 1.807) is 0 Å². The zero-order chi connectivity index (χ0) is 13.1. The van der Waals surface area contributed by atoms with Crippen molar-refractivity contribution in [2.24, 2.45) is 17.6 Å². The van der Waals surface area contributed by atoms with Gasteiger partial charge in [0.1, 0.15) is 0 Å². The Morgan fingerprint density at radius 1 is 1.22 bits per heavy atom. The maximum Gasteiger partial charge on any atom is 0.0424 e.